The molecule has 0 fully saturated rings. The first-order valence-electron chi connectivity index (χ1n) is 4.84. The maximum Gasteiger partial charge on any atom is 0.313 e. The number of carbonyl (C=O) groups excluding carboxylic acids is 1. The zero-order valence-electron chi connectivity index (χ0n) is 9.20. The van der Waals surface area contributed by atoms with Crippen LogP contribution in [0.4, 0.5) is 10.1 Å². The van der Waals surface area contributed by atoms with Crippen LogP contribution < -0.4 is 5.32 Å². The second-order valence-electron chi connectivity index (χ2n) is 3.39. The van der Waals surface area contributed by atoms with Gasteiger partial charge in [-0.2, -0.15) is 0 Å². The number of rotatable bonds is 5. The number of hydrogen-bond acceptors (Lipinski definition) is 3. The molecular weight excluding hydrogens is 245 g/mol. The van der Waals surface area contributed by atoms with E-state index < -0.39 is 11.8 Å². The van der Waals surface area contributed by atoms with Crippen molar-refractivity contribution in [2.75, 3.05) is 16.8 Å². The van der Waals surface area contributed by atoms with Gasteiger partial charge >= 0.3 is 5.97 Å². The smallest absolute Gasteiger partial charge is 0.313 e. The summed E-state index contributed by atoms with van der Waals surface area (Å²) in [4.78, 5) is 21.6. The number of hydrogen-bond donors (Lipinski definition) is 2. The minimum absolute atomic E-state index is 0.0300. The Kier molecular flexibility index (Phi) is 4.96. The van der Waals surface area contributed by atoms with Gasteiger partial charge in [0.15, 0.2) is 0 Å². The molecule has 0 spiro atoms. The van der Waals surface area contributed by atoms with Gasteiger partial charge in [0, 0.05) is 5.69 Å². The molecular formula is C11H12FNO3S. The van der Waals surface area contributed by atoms with Crippen LogP contribution >= 0.6 is 11.8 Å². The average molecular weight is 257 g/mol. The molecule has 0 aromatic heterocycles. The Hall–Kier alpha value is -1.56. The van der Waals surface area contributed by atoms with Gasteiger partial charge in [0.25, 0.3) is 0 Å². The van der Waals surface area contributed by atoms with Gasteiger partial charge in [0.05, 0.1) is 11.5 Å². The predicted octanol–water partition coefficient (Wildman–Crippen LogP) is 1.89. The van der Waals surface area contributed by atoms with Crippen molar-refractivity contribution in [3.8, 4) is 0 Å². The lowest BCUT2D eigenvalue weighted by Crippen LogP contribution is -2.16. The molecule has 0 unspecified atom stereocenters. The van der Waals surface area contributed by atoms with Crippen LogP contribution in [-0.4, -0.2) is 28.5 Å². The highest BCUT2D eigenvalue weighted by Gasteiger charge is 2.07. The van der Waals surface area contributed by atoms with Crippen molar-refractivity contribution in [2.45, 2.75) is 6.92 Å². The lowest BCUT2D eigenvalue weighted by Gasteiger charge is -2.07. The summed E-state index contributed by atoms with van der Waals surface area (Å²) in [5, 5.41) is 10.9. The first-order chi connectivity index (χ1) is 7.99. The average Bonchev–Trinajstić information content (AvgIpc) is 2.23. The minimum Gasteiger partial charge on any atom is -0.481 e. The number of carbonyl (C=O) groups is 2. The molecule has 1 rings (SSSR count). The normalized spacial score (nSPS) is 10.0. The van der Waals surface area contributed by atoms with E-state index in [-0.39, 0.29) is 17.4 Å². The molecule has 1 aromatic rings. The molecule has 1 amide bonds. The van der Waals surface area contributed by atoms with Gasteiger partial charge in [-0.1, -0.05) is 6.07 Å². The van der Waals surface area contributed by atoms with Gasteiger partial charge in [0.2, 0.25) is 5.91 Å². The molecule has 1 aromatic carbocycles. The Morgan fingerprint density at radius 1 is 1.41 bits per heavy atom. The van der Waals surface area contributed by atoms with E-state index in [4.69, 9.17) is 5.11 Å². The Labute approximate surface area is 102 Å². The lowest BCUT2D eigenvalue weighted by molar-refractivity contribution is -0.133. The molecule has 2 N–H and O–H groups in total. The van der Waals surface area contributed by atoms with Crippen molar-refractivity contribution in [3.05, 3.63) is 29.6 Å². The standard InChI is InChI=1S/C11H12FNO3S/c1-7-2-3-8(12)4-9(7)13-10(14)5-17-6-11(15)16/h2-4H,5-6H2,1H3,(H,13,14)(H,15,16). The first kappa shape index (κ1) is 13.5. The summed E-state index contributed by atoms with van der Waals surface area (Å²) in [6.45, 7) is 1.75. The summed E-state index contributed by atoms with van der Waals surface area (Å²) < 4.78 is 12.9. The van der Waals surface area contributed by atoms with Crippen LogP contribution in [0.25, 0.3) is 0 Å². The number of aryl methyl sites for hydroxylation is 1. The van der Waals surface area contributed by atoms with Crippen LogP contribution in [0.5, 0.6) is 0 Å². The number of benzene rings is 1. The van der Waals surface area contributed by atoms with E-state index in [2.05, 4.69) is 5.32 Å². The molecule has 6 heteroatoms. The van der Waals surface area contributed by atoms with Crippen LogP contribution in [0.15, 0.2) is 18.2 Å². The molecule has 17 heavy (non-hydrogen) atoms. The number of amides is 1. The van der Waals surface area contributed by atoms with Crippen LogP contribution in [-0.2, 0) is 9.59 Å². The first-order valence-corrected chi connectivity index (χ1v) is 6.00. The number of thioether (sulfide) groups is 1. The molecule has 0 saturated carbocycles. The van der Waals surface area contributed by atoms with Crippen molar-refractivity contribution in [1.29, 1.82) is 0 Å². The number of nitrogens with one attached hydrogen (secondary N) is 1. The van der Waals surface area contributed by atoms with Gasteiger partial charge in [-0.15, -0.1) is 11.8 Å². The number of aliphatic carboxylic acids is 1. The van der Waals surface area contributed by atoms with E-state index in [9.17, 15) is 14.0 Å². The second-order valence-corrected chi connectivity index (χ2v) is 4.38. The van der Waals surface area contributed by atoms with Crippen LogP contribution in [0.3, 0.4) is 0 Å². The lowest BCUT2D eigenvalue weighted by atomic mass is 10.2. The third kappa shape index (κ3) is 4.86. The van der Waals surface area contributed by atoms with Gasteiger partial charge in [-0.25, -0.2) is 4.39 Å². The Bertz CT molecular complexity index is 437. The molecule has 4 nitrogen and oxygen atoms in total. The summed E-state index contributed by atoms with van der Waals surface area (Å²) >= 11 is 0.993. The van der Waals surface area contributed by atoms with Crippen LogP contribution in [0, 0.1) is 12.7 Å². The summed E-state index contributed by atoms with van der Waals surface area (Å²) in [6.07, 6.45) is 0. The molecule has 0 heterocycles. The number of carboxylic acids is 1. The van der Waals surface area contributed by atoms with Gasteiger partial charge < -0.3 is 10.4 Å². The van der Waals surface area contributed by atoms with Crippen LogP contribution in [0.1, 0.15) is 5.56 Å². The molecule has 92 valence electrons. The number of carboxylic acid groups (broad SMARTS) is 1. The van der Waals surface area contributed by atoms with Crippen LogP contribution in [0.2, 0.25) is 0 Å². The van der Waals surface area contributed by atoms with E-state index in [1.165, 1.54) is 12.1 Å². The highest BCUT2D eigenvalue weighted by atomic mass is 32.2. The van der Waals surface area contributed by atoms with E-state index in [0.29, 0.717) is 5.69 Å². The van der Waals surface area contributed by atoms with E-state index in [0.717, 1.165) is 17.3 Å². The fourth-order valence-corrected chi connectivity index (χ4v) is 1.68. The van der Waals surface area contributed by atoms with Crippen molar-refractivity contribution in [2.24, 2.45) is 0 Å². The summed E-state index contributed by atoms with van der Waals surface area (Å²) in [5.41, 5.74) is 1.16. The fourth-order valence-electron chi connectivity index (χ4n) is 1.15. The largest absolute Gasteiger partial charge is 0.481 e. The highest BCUT2D eigenvalue weighted by Crippen LogP contribution is 2.16. The van der Waals surface area contributed by atoms with Crippen molar-refractivity contribution in [3.63, 3.8) is 0 Å². The maximum absolute atomic E-state index is 12.9. The summed E-state index contributed by atoms with van der Waals surface area (Å²) in [7, 11) is 0. The quantitative estimate of drug-likeness (QED) is 0.845. The second kappa shape index (κ2) is 6.24. The van der Waals surface area contributed by atoms with E-state index >= 15 is 0 Å². The molecule has 0 atom stereocenters. The molecule has 0 saturated heterocycles. The predicted molar refractivity (Wildman–Crippen MR) is 64.7 cm³/mol. The molecule has 0 radical (unpaired) electrons. The van der Waals surface area contributed by atoms with E-state index in [1.54, 1.807) is 13.0 Å². The third-order valence-corrected chi connectivity index (χ3v) is 2.85. The van der Waals surface area contributed by atoms with Gasteiger partial charge in [0.1, 0.15) is 5.82 Å². The maximum atomic E-state index is 12.9. The van der Waals surface area contributed by atoms with Crippen molar-refractivity contribution < 1.29 is 19.1 Å². The number of halogens is 1. The Morgan fingerprint density at radius 3 is 2.76 bits per heavy atom. The third-order valence-electron chi connectivity index (χ3n) is 1.93. The van der Waals surface area contributed by atoms with Gasteiger partial charge in [-0.3, -0.25) is 9.59 Å². The molecule has 0 aliphatic heterocycles. The Balaban J connectivity index is 2.50. The molecule has 0 aliphatic rings. The highest BCUT2D eigenvalue weighted by molar-refractivity contribution is 8.00. The minimum atomic E-state index is -0.968. The summed E-state index contributed by atoms with van der Waals surface area (Å²) in [5.74, 6) is -1.84. The zero-order chi connectivity index (χ0) is 12.8. The molecule has 0 aliphatic carbocycles. The van der Waals surface area contributed by atoms with Crippen molar-refractivity contribution in [1.82, 2.24) is 0 Å². The molecule has 0 bridgehead atoms. The zero-order valence-corrected chi connectivity index (χ0v) is 10.0. The SMILES string of the molecule is Cc1ccc(F)cc1NC(=O)CSCC(=O)O. The summed E-state index contributed by atoms with van der Waals surface area (Å²) in [6, 6.07) is 4.11. The van der Waals surface area contributed by atoms with E-state index in [1.807, 2.05) is 0 Å². The topological polar surface area (TPSA) is 66.4 Å². The van der Waals surface area contributed by atoms with Crippen molar-refractivity contribution >= 4 is 29.3 Å². The fraction of sp³-hybridized carbons (Fsp3) is 0.273. The Morgan fingerprint density at radius 2 is 2.12 bits per heavy atom. The van der Waals surface area contributed by atoms with Gasteiger partial charge in [-0.05, 0) is 24.6 Å². The number of anilines is 1. The monoisotopic (exact) mass is 257 g/mol.